The molecule has 0 aliphatic rings. The van der Waals surface area contributed by atoms with Crippen LogP contribution in [0, 0.1) is 5.82 Å². The number of hydrogen-bond donors (Lipinski definition) is 1. The standard InChI is InChI=1S/C11H15ClFNO3S/c1-7(2)14(3)18(16,17)10-5-9(12)4-8(6-15)11(10)13/h4-5,7,15H,6H2,1-3H3. The maximum atomic E-state index is 13.9. The van der Waals surface area contributed by atoms with Crippen molar-refractivity contribution >= 4 is 21.6 Å². The molecule has 0 heterocycles. The average molecular weight is 296 g/mol. The number of benzene rings is 1. The van der Waals surface area contributed by atoms with Gasteiger partial charge in [0.05, 0.1) is 6.61 Å². The van der Waals surface area contributed by atoms with Crippen LogP contribution in [-0.2, 0) is 16.6 Å². The van der Waals surface area contributed by atoms with E-state index in [1.165, 1.54) is 13.1 Å². The number of aliphatic hydroxyl groups excluding tert-OH is 1. The molecular weight excluding hydrogens is 281 g/mol. The first-order chi connectivity index (χ1) is 8.21. The van der Waals surface area contributed by atoms with Crippen LogP contribution in [0.3, 0.4) is 0 Å². The van der Waals surface area contributed by atoms with Crippen LogP contribution in [0.15, 0.2) is 17.0 Å². The molecule has 0 saturated carbocycles. The van der Waals surface area contributed by atoms with Gasteiger partial charge in [-0.3, -0.25) is 0 Å². The third-order valence-corrected chi connectivity index (χ3v) is 4.88. The quantitative estimate of drug-likeness (QED) is 0.924. The van der Waals surface area contributed by atoms with Crippen LogP contribution in [0.5, 0.6) is 0 Å². The molecule has 0 radical (unpaired) electrons. The van der Waals surface area contributed by atoms with Crippen LogP contribution >= 0.6 is 11.6 Å². The summed E-state index contributed by atoms with van der Waals surface area (Å²) in [5.74, 6) is -0.964. The Balaban J connectivity index is 3.46. The molecule has 0 atom stereocenters. The zero-order chi connectivity index (χ0) is 14.1. The molecule has 0 unspecified atom stereocenters. The van der Waals surface area contributed by atoms with Gasteiger partial charge in [0.25, 0.3) is 0 Å². The van der Waals surface area contributed by atoms with E-state index < -0.39 is 27.3 Å². The maximum absolute atomic E-state index is 13.9. The summed E-state index contributed by atoms with van der Waals surface area (Å²) in [4.78, 5) is -0.518. The molecule has 18 heavy (non-hydrogen) atoms. The molecule has 0 spiro atoms. The third kappa shape index (κ3) is 2.83. The smallest absolute Gasteiger partial charge is 0.246 e. The van der Waals surface area contributed by atoms with Crippen LogP contribution in [-0.4, -0.2) is 30.9 Å². The first-order valence-electron chi connectivity index (χ1n) is 5.28. The average Bonchev–Trinajstić information content (AvgIpc) is 2.30. The maximum Gasteiger partial charge on any atom is 0.246 e. The fraction of sp³-hybridized carbons (Fsp3) is 0.455. The summed E-state index contributed by atoms with van der Waals surface area (Å²) in [5.41, 5.74) is -0.141. The molecule has 102 valence electrons. The topological polar surface area (TPSA) is 57.6 Å². The highest BCUT2D eigenvalue weighted by atomic mass is 35.5. The van der Waals surface area contributed by atoms with Crippen LogP contribution < -0.4 is 0 Å². The summed E-state index contributed by atoms with van der Waals surface area (Å²) >= 11 is 5.73. The van der Waals surface area contributed by atoms with E-state index in [-0.39, 0.29) is 16.6 Å². The second-order valence-corrected chi connectivity index (χ2v) is 6.55. The minimum Gasteiger partial charge on any atom is -0.392 e. The van der Waals surface area contributed by atoms with E-state index in [0.717, 1.165) is 10.4 Å². The molecular formula is C11H15ClFNO3S. The highest BCUT2D eigenvalue weighted by Gasteiger charge is 2.28. The van der Waals surface area contributed by atoms with Gasteiger partial charge in [-0.1, -0.05) is 11.6 Å². The fourth-order valence-corrected chi connectivity index (χ4v) is 3.16. The number of sulfonamides is 1. The zero-order valence-corrected chi connectivity index (χ0v) is 11.9. The minimum atomic E-state index is -3.96. The van der Waals surface area contributed by atoms with Crippen LogP contribution in [0.25, 0.3) is 0 Å². The van der Waals surface area contributed by atoms with E-state index in [9.17, 15) is 12.8 Å². The van der Waals surface area contributed by atoms with Gasteiger partial charge in [0.1, 0.15) is 10.7 Å². The Morgan fingerprint density at radius 3 is 2.44 bits per heavy atom. The normalized spacial score (nSPS) is 12.4. The minimum absolute atomic E-state index is 0.0659. The van der Waals surface area contributed by atoms with E-state index in [2.05, 4.69) is 0 Å². The molecule has 0 aliphatic heterocycles. The lowest BCUT2D eigenvalue weighted by Crippen LogP contribution is -2.33. The molecule has 1 aromatic rings. The molecule has 1 aromatic carbocycles. The SMILES string of the molecule is CC(C)N(C)S(=O)(=O)c1cc(Cl)cc(CO)c1F. The van der Waals surface area contributed by atoms with E-state index >= 15 is 0 Å². The molecule has 0 amide bonds. The monoisotopic (exact) mass is 295 g/mol. The number of nitrogens with zero attached hydrogens (tertiary/aromatic N) is 1. The third-order valence-electron chi connectivity index (χ3n) is 2.63. The predicted molar refractivity (Wildman–Crippen MR) is 67.4 cm³/mol. The van der Waals surface area contributed by atoms with Crippen LogP contribution in [0.1, 0.15) is 19.4 Å². The Bertz CT molecular complexity index is 545. The van der Waals surface area contributed by atoms with Crippen LogP contribution in [0.4, 0.5) is 4.39 Å². The van der Waals surface area contributed by atoms with Gasteiger partial charge in [0.2, 0.25) is 10.0 Å². The van der Waals surface area contributed by atoms with Crippen molar-refractivity contribution in [2.75, 3.05) is 7.05 Å². The Morgan fingerprint density at radius 1 is 1.44 bits per heavy atom. The second-order valence-electron chi connectivity index (χ2n) is 4.15. The molecule has 1 N–H and O–H groups in total. The highest BCUT2D eigenvalue weighted by Crippen LogP contribution is 2.26. The Labute approximate surface area is 111 Å². The molecule has 4 nitrogen and oxygen atoms in total. The lowest BCUT2D eigenvalue weighted by atomic mass is 10.2. The summed E-state index contributed by atoms with van der Waals surface area (Å²) < 4.78 is 39.3. The highest BCUT2D eigenvalue weighted by molar-refractivity contribution is 7.89. The van der Waals surface area contributed by atoms with Gasteiger partial charge in [-0.2, -0.15) is 4.31 Å². The summed E-state index contributed by atoms with van der Waals surface area (Å²) in [6.45, 7) is 2.74. The Morgan fingerprint density at radius 2 is 2.00 bits per heavy atom. The van der Waals surface area contributed by atoms with Gasteiger partial charge < -0.3 is 5.11 Å². The van der Waals surface area contributed by atoms with Gasteiger partial charge in [0, 0.05) is 23.7 Å². The Hall–Kier alpha value is -0.690. The largest absolute Gasteiger partial charge is 0.392 e. The molecule has 0 bridgehead atoms. The van der Waals surface area contributed by atoms with Gasteiger partial charge in [0.15, 0.2) is 0 Å². The van der Waals surface area contributed by atoms with Gasteiger partial charge in [-0.25, -0.2) is 12.8 Å². The molecule has 7 heteroatoms. The van der Waals surface area contributed by atoms with E-state index in [4.69, 9.17) is 16.7 Å². The summed E-state index contributed by atoms with van der Waals surface area (Å²) in [7, 11) is -2.60. The van der Waals surface area contributed by atoms with Crippen molar-refractivity contribution in [1.29, 1.82) is 0 Å². The summed E-state index contributed by atoms with van der Waals surface area (Å²) in [6, 6.07) is 1.93. The lowest BCUT2D eigenvalue weighted by Gasteiger charge is -2.21. The van der Waals surface area contributed by atoms with Gasteiger partial charge in [-0.15, -0.1) is 0 Å². The lowest BCUT2D eigenvalue weighted by molar-refractivity contribution is 0.274. The molecule has 0 aliphatic carbocycles. The fourth-order valence-electron chi connectivity index (χ4n) is 1.35. The van der Waals surface area contributed by atoms with Gasteiger partial charge >= 0.3 is 0 Å². The number of halogens is 2. The molecule has 0 fully saturated rings. The summed E-state index contributed by atoms with van der Waals surface area (Å²) in [6.07, 6.45) is 0. The van der Waals surface area contributed by atoms with E-state index in [1.807, 2.05) is 0 Å². The molecule has 0 aromatic heterocycles. The van der Waals surface area contributed by atoms with Crippen molar-refractivity contribution in [2.24, 2.45) is 0 Å². The van der Waals surface area contributed by atoms with Crippen molar-refractivity contribution < 1.29 is 17.9 Å². The molecule has 1 rings (SSSR count). The first-order valence-corrected chi connectivity index (χ1v) is 7.10. The zero-order valence-electron chi connectivity index (χ0n) is 10.3. The van der Waals surface area contributed by atoms with Crippen molar-refractivity contribution in [3.05, 3.63) is 28.5 Å². The van der Waals surface area contributed by atoms with E-state index in [1.54, 1.807) is 13.8 Å². The number of aliphatic hydroxyl groups is 1. The Kier molecular flexibility index (Phi) is 4.72. The number of hydrogen-bond acceptors (Lipinski definition) is 3. The first kappa shape index (κ1) is 15.4. The van der Waals surface area contributed by atoms with Crippen molar-refractivity contribution in [3.63, 3.8) is 0 Å². The van der Waals surface area contributed by atoms with Crippen molar-refractivity contribution in [3.8, 4) is 0 Å². The van der Waals surface area contributed by atoms with Crippen molar-refractivity contribution in [1.82, 2.24) is 4.31 Å². The summed E-state index contributed by atoms with van der Waals surface area (Å²) in [5, 5.41) is 9.04. The predicted octanol–water partition coefficient (Wildman–Crippen LogP) is 2.00. The second kappa shape index (κ2) is 5.52. The van der Waals surface area contributed by atoms with Crippen molar-refractivity contribution in [2.45, 2.75) is 31.4 Å². The van der Waals surface area contributed by atoms with E-state index in [0.29, 0.717) is 0 Å². The van der Waals surface area contributed by atoms with Crippen LogP contribution in [0.2, 0.25) is 5.02 Å². The van der Waals surface area contributed by atoms with Gasteiger partial charge in [-0.05, 0) is 26.0 Å². The number of rotatable bonds is 4. The molecule has 0 saturated heterocycles.